The van der Waals surface area contributed by atoms with Crippen molar-refractivity contribution in [3.63, 3.8) is 0 Å². The van der Waals surface area contributed by atoms with Crippen LogP contribution in [0.3, 0.4) is 0 Å². The molecule has 16 nitrogen and oxygen atoms in total. The van der Waals surface area contributed by atoms with E-state index in [1.54, 1.807) is 48.6 Å². The predicted octanol–water partition coefficient (Wildman–Crippen LogP) is -4.80. The summed E-state index contributed by atoms with van der Waals surface area (Å²) < 4.78 is 144. The van der Waals surface area contributed by atoms with Gasteiger partial charge in [-0.2, -0.15) is 0 Å². The van der Waals surface area contributed by atoms with Crippen LogP contribution in [0.25, 0.3) is 88.1 Å². The smallest absolute Gasteiger partial charge is 0.744 e. The van der Waals surface area contributed by atoms with Gasteiger partial charge in [-0.05, 0) is 78.9 Å². The molecule has 28 heteroatoms. The van der Waals surface area contributed by atoms with Gasteiger partial charge in [0.25, 0.3) is 0 Å². The second-order valence-corrected chi connectivity index (χ2v) is 22.4. The maximum atomic E-state index is 12.1. The first-order valence-corrected chi connectivity index (χ1v) is 25.7. The van der Waals surface area contributed by atoms with Crippen molar-refractivity contribution < 1.29 is 170 Å². The van der Waals surface area contributed by atoms with Gasteiger partial charge in [0.05, 0.1) is 37.5 Å². The molecule has 0 radical (unpaired) electrons. The molecule has 2 N–H and O–H groups in total. The molecule has 0 saturated carbocycles. The van der Waals surface area contributed by atoms with Crippen molar-refractivity contribution >= 4 is 132 Å². The van der Waals surface area contributed by atoms with E-state index in [0.29, 0.717) is 75.2 Å². The van der Waals surface area contributed by atoms with Crippen molar-refractivity contribution in [1.82, 2.24) is 19.9 Å². The third-order valence-corrected chi connectivity index (χ3v) is 17.3. The summed E-state index contributed by atoms with van der Waals surface area (Å²) in [6, 6.07) is 12.8. The molecule has 64 heavy (non-hydrogen) atoms. The van der Waals surface area contributed by atoms with Crippen molar-refractivity contribution in [2.75, 3.05) is 0 Å². The van der Waals surface area contributed by atoms with E-state index in [4.69, 9.17) is 9.97 Å². The number of hydrogen-bond acceptors (Lipinski definition) is 18. The van der Waals surface area contributed by atoms with E-state index < -0.39 is 59.4 Å². The first kappa shape index (κ1) is 54.0. The van der Waals surface area contributed by atoms with Crippen LogP contribution in [0.5, 0.6) is 0 Å². The van der Waals surface area contributed by atoms with Crippen LogP contribution in [0.1, 0.15) is 22.8 Å². The molecule has 0 amide bonds. The van der Waals surface area contributed by atoms with Crippen LogP contribution in [-0.2, 0) is 40.5 Å². The fourth-order valence-electron chi connectivity index (χ4n) is 6.57. The summed E-state index contributed by atoms with van der Waals surface area (Å²) in [5.41, 5.74) is 3.82. The molecule has 0 fully saturated rings. The van der Waals surface area contributed by atoms with Crippen molar-refractivity contribution in [3.05, 3.63) is 93.5 Å². The predicted molar refractivity (Wildman–Crippen MR) is 224 cm³/mol. The van der Waals surface area contributed by atoms with E-state index in [0.717, 1.165) is 40.1 Å². The van der Waals surface area contributed by atoms with E-state index in [1.807, 2.05) is 0 Å². The molecule has 9 rings (SSSR count). The van der Waals surface area contributed by atoms with Gasteiger partial charge in [0.2, 0.25) is 0 Å². The van der Waals surface area contributed by atoms with Gasteiger partial charge in [-0.25, -0.2) is 43.6 Å². The average Bonchev–Trinajstić information content (AvgIpc) is 3.98. The van der Waals surface area contributed by atoms with E-state index in [9.17, 15) is 51.9 Å². The Bertz CT molecular complexity index is 3230. The van der Waals surface area contributed by atoms with Gasteiger partial charge < -0.3 is 28.2 Å². The third kappa shape index (κ3) is 10.8. The largest absolute Gasteiger partial charge is 1.00 e. The van der Waals surface area contributed by atoms with Crippen LogP contribution in [0.4, 0.5) is 0 Å². The van der Waals surface area contributed by atoms with E-state index in [2.05, 4.69) is 9.97 Å². The average molecular weight is 1050 g/mol. The van der Waals surface area contributed by atoms with E-state index >= 15 is 0 Å². The summed E-state index contributed by atoms with van der Waals surface area (Å²) in [5, 5.41) is 3.56. The number of fused-ring (bicyclic) bond motifs is 8. The molecule has 2 aliphatic heterocycles. The Morgan fingerprint density at radius 1 is 0.406 bits per heavy atom. The topological polar surface area (TPSA) is 286 Å². The van der Waals surface area contributed by atoms with Gasteiger partial charge >= 0.3 is 118 Å². The summed E-state index contributed by atoms with van der Waals surface area (Å²) in [6.45, 7) is 0. The standard InChI is InChI=1S/C36H22N4O12S8.4Na/c41-57(42,43)17-11-29(53-14-17)34-22-3-1-20(37-22)33(28-9-10-32(56-28)60(50,51)52)21-2-4-23(38-21)35(30-12-18(15-54-30)58(44,45)46)25-6-8-27(40-25)36(26-7-5-24(34)39-26)31-13-19(16-55-31)59(47,48)49;;;;/h1-16,37,40H,(H,41,42,43)(H,44,45,46)(H,47,48,49)(H,50,51,52);;;;/q;4*+1/p-4. The fourth-order valence-corrected chi connectivity index (χ4v) is 13.7. The molecule has 306 valence electrons. The number of hydrogen-bond donors (Lipinski definition) is 2. The molecule has 0 aromatic carbocycles. The van der Waals surface area contributed by atoms with E-state index in [-0.39, 0.29) is 141 Å². The Hall–Kier alpha value is -0.960. The fraction of sp³-hybridized carbons (Fsp3) is 0. The number of nitrogens with zero attached hydrogens (tertiary/aromatic N) is 2. The van der Waals surface area contributed by atoms with Crippen LogP contribution in [-0.4, -0.2) is 71.8 Å². The van der Waals surface area contributed by atoms with Crippen LogP contribution in [0.2, 0.25) is 0 Å². The Morgan fingerprint density at radius 2 is 0.703 bits per heavy atom. The third-order valence-electron chi connectivity index (χ3n) is 9.16. The molecular formula is C36H18N4Na4O12S8. The van der Waals surface area contributed by atoms with Crippen molar-refractivity contribution in [3.8, 4) is 41.8 Å². The summed E-state index contributed by atoms with van der Waals surface area (Å²) in [4.78, 5) is 16.2. The maximum Gasteiger partial charge on any atom is 1.00 e. The zero-order valence-electron chi connectivity index (χ0n) is 33.3. The van der Waals surface area contributed by atoms with Crippen molar-refractivity contribution in [1.29, 1.82) is 0 Å². The van der Waals surface area contributed by atoms with Crippen LogP contribution >= 0.6 is 45.3 Å². The number of rotatable bonds is 8. The molecule has 0 unspecified atom stereocenters. The molecule has 7 aromatic rings. The Balaban J connectivity index is 0.00000193. The number of nitrogens with one attached hydrogen (secondary N) is 2. The molecule has 7 aromatic heterocycles. The van der Waals surface area contributed by atoms with Gasteiger partial charge in [-0.15, -0.1) is 45.3 Å². The summed E-state index contributed by atoms with van der Waals surface area (Å²) in [5.74, 6) is 0. The minimum absolute atomic E-state index is 0. The van der Waals surface area contributed by atoms with Crippen LogP contribution in [0, 0.1) is 0 Å². The first-order valence-electron chi connectivity index (χ1n) is 16.6. The molecule has 0 saturated heterocycles. The monoisotopic (exact) mass is 1050 g/mol. The quantitative estimate of drug-likeness (QED) is 0.107. The van der Waals surface area contributed by atoms with Gasteiger partial charge in [0.15, 0.2) is 0 Å². The number of H-pyrrole nitrogens is 2. The Kier molecular flexibility index (Phi) is 17.0. The molecular weight excluding hydrogens is 1030 g/mol. The number of aromatic amines is 2. The maximum absolute atomic E-state index is 12.1. The summed E-state index contributed by atoms with van der Waals surface area (Å²) >= 11 is 3.56. The second kappa shape index (κ2) is 20.2. The minimum atomic E-state index is -4.87. The van der Waals surface area contributed by atoms with E-state index in [1.165, 1.54) is 40.4 Å². The normalized spacial score (nSPS) is 12.6. The van der Waals surface area contributed by atoms with Crippen molar-refractivity contribution in [2.45, 2.75) is 18.9 Å². The SMILES string of the molecule is O=S(=O)([O-])c1csc(-c2c3nc(c(-c4cc(S(=O)(=O)[O-])cs4)c4ccc([nH]4)c(-c4ccc(S(=O)(=O)[O-])s4)c4nc(c(-c5cc(S(=O)(=O)[O-])cs5)c5ccc2[nH]5)C=C4)C=C3)c1.[Na+].[Na+].[Na+].[Na+]. The van der Waals surface area contributed by atoms with Crippen molar-refractivity contribution in [2.24, 2.45) is 0 Å². The van der Waals surface area contributed by atoms with Crippen LogP contribution in [0.15, 0.2) is 89.6 Å². The molecule has 8 bridgehead atoms. The molecule has 0 spiro atoms. The van der Waals surface area contributed by atoms with Gasteiger partial charge in [0, 0.05) is 80.0 Å². The molecule has 0 aliphatic carbocycles. The molecule has 2 aliphatic rings. The van der Waals surface area contributed by atoms with Crippen LogP contribution < -0.4 is 118 Å². The zero-order chi connectivity index (χ0) is 42.5. The summed E-state index contributed by atoms with van der Waals surface area (Å²) in [7, 11) is -19.5. The van der Waals surface area contributed by atoms with Gasteiger partial charge in [0.1, 0.15) is 44.7 Å². The van der Waals surface area contributed by atoms with Gasteiger partial charge in [-0.3, -0.25) is 0 Å². The minimum Gasteiger partial charge on any atom is -0.744 e. The first-order chi connectivity index (χ1) is 28.2. The Labute approximate surface area is 469 Å². The second-order valence-electron chi connectivity index (χ2n) is 12.9. The molecule has 9 heterocycles. The van der Waals surface area contributed by atoms with Gasteiger partial charge in [-0.1, -0.05) is 0 Å². The number of aromatic nitrogens is 4. The molecule has 0 atom stereocenters. The Morgan fingerprint density at radius 3 is 0.953 bits per heavy atom. The number of thiophene rings is 4. The summed E-state index contributed by atoms with van der Waals surface area (Å²) in [6.07, 6.45) is 6.46. The zero-order valence-corrected chi connectivity index (χ0v) is 47.8.